The van der Waals surface area contributed by atoms with Gasteiger partial charge in [0.15, 0.2) is 0 Å². The molecule has 0 amide bonds. The number of hydrogen-bond donors (Lipinski definition) is 0. The Morgan fingerprint density at radius 2 is 1.43 bits per heavy atom. The lowest BCUT2D eigenvalue weighted by Crippen LogP contribution is -2.31. The van der Waals surface area contributed by atoms with Gasteiger partial charge in [0.1, 0.15) is 18.8 Å². The Balaban J connectivity index is 4.53. The third-order valence-electron chi connectivity index (χ3n) is 2.63. The molecule has 7 nitrogen and oxygen atoms in total. The first-order chi connectivity index (χ1) is 9.74. The highest BCUT2D eigenvalue weighted by molar-refractivity contribution is 5.66. The van der Waals surface area contributed by atoms with Gasteiger partial charge in [-0.2, -0.15) is 0 Å². The van der Waals surface area contributed by atoms with Gasteiger partial charge in [0, 0.05) is 40.7 Å². The van der Waals surface area contributed by atoms with E-state index in [1.165, 1.54) is 27.9 Å². The molecule has 3 unspecified atom stereocenters. The minimum absolute atomic E-state index is 0.0749. The monoisotopic (exact) mass is 304 g/mol. The lowest BCUT2D eigenvalue weighted by Gasteiger charge is -2.24. The Hall–Kier alpha value is -1.63. The molecular formula is C14H24O7. The third kappa shape index (κ3) is 10.8. The molecule has 0 aromatic rings. The van der Waals surface area contributed by atoms with Gasteiger partial charge in [-0.05, 0) is 6.92 Å². The Labute approximate surface area is 124 Å². The number of rotatable bonds is 9. The van der Waals surface area contributed by atoms with Crippen molar-refractivity contribution in [2.75, 3.05) is 13.7 Å². The van der Waals surface area contributed by atoms with E-state index in [4.69, 9.17) is 18.9 Å². The number of hydrogen-bond acceptors (Lipinski definition) is 7. The van der Waals surface area contributed by atoms with E-state index in [9.17, 15) is 14.4 Å². The quantitative estimate of drug-likeness (QED) is 0.467. The molecule has 0 rings (SSSR count). The summed E-state index contributed by atoms with van der Waals surface area (Å²) in [5.41, 5.74) is 0. The van der Waals surface area contributed by atoms with Gasteiger partial charge in [-0.25, -0.2) is 0 Å². The van der Waals surface area contributed by atoms with Crippen LogP contribution in [0.25, 0.3) is 0 Å². The molecular weight excluding hydrogens is 280 g/mol. The van der Waals surface area contributed by atoms with E-state index >= 15 is 0 Å². The van der Waals surface area contributed by atoms with Crippen molar-refractivity contribution in [3.63, 3.8) is 0 Å². The minimum atomic E-state index is -0.489. The molecule has 0 fully saturated rings. The Morgan fingerprint density at radius 3 is 1.86 bits per heavy atom. The van der Waals surface area contributed by atoms with Gasteiger partial charge in [-0.1, -0.05) is 0 Å². The van der Waals surface area contributed by atoms with Crippen molar-refractivity contribution in [2.45, 2.75) is 58.8 Å². The molecule has 0 aliphatic rings. The van der Waals surface area contributed by atoms with Crippen LogP contribution in [-0.4, -0.2) is 49.9 Å². The van der Waals surface area contributed by atoms with E-state index in [0.717, 1.165) is 0 Å². The molecule has 3 atom stereocenters. The number of carbonyl (C=O) groups excluding carboxylic acids is 3. The molecule has 122 valence electrons. The molecule has 21 heavy (non-hydrogen) atoms. The van der Waals surface area contributed by atoms with Crippen molar-refractivity contribution < 1.29 is 33.3 Å². The first-order valence-electron chi connectivity index (χ1n) is 6.75. The van der Waals surface area contributed by atoms with Crippen LogP contribution in [-0.2, 0) is 33.3 Å². The Bertz CT molecular complexity index is 353. The number of esters is 3. The number of carbonyl (C=O) groups is 3. The maximum Gasteiger partial charge on any atom is 0.302 e. The molecule has 0 radical (unpaired) electrons. The van der Waals surface area contributed by atoms with Crippen LogP contribution < -0.4 is 0 Å². The summed E-state index contributed by atoms with van der Waals surface area (Å²) in [6.07, 6.45) is -0.591. The molecule has 0 N–H and O–H groups in total. The third-order valence-corrected chi connectivity index (χ3v) is 2.63. The second-order valence-corrected chi connectivity index (χ2v) is 4.78. The molecule has 0 bridgehead atoms. The molecule has 7 heteroatoms. The molecule has 0 heterocycles. The van der Waals surface area contributed by atoms with Crippen LogP contribution in [0.5, 0.6) is 0 Å². The maximum atomic E-state index is 11.1. The Morgan fingerprint density at radius 1 is 0.857 bits per heavy atom. The lowest BCUT2D eigenvalue weighted by atomic mass is 10.1. The topological polar surface area (TPSA) is 88.1 Å². The van der Waals surface area contributed by atoms with E-state index in [1.54, 1.807) is 6.92 Å². The molecule has 0 saturated heterocycles. The van der Waals surface area contributed by atoms with Crippen molar-refractivity contribution in [3.05, 3.63) is 0 Å². The standard InChI is InChI=1S/C14H24O7/c1-9(20-11(3)16)6-13(21-12(4)17)7-14(18-5)8-19-10(2)15/h9,13-14H,6-8H2,1-5H3. The summed E-state index contributed by atoms with van der Waals surface area (Å²) in [4.78, 5) is 32.8. The highest BCUT2D eigenvalue weighted by Gasteiger charge is 2.23. The summed E-state index contributed by atoms with van der Waals surface area (Å²) in [5.74, 6) is -1.24. The van der Waals surface area contributed by atoms with E-state index in [0.29, 0.717) is 12.8 Å². The average molecular weight is 304 g/mol. The van der Waals surface area contributed by atoms with Crippen molar-refractivity contribution in [3.8, 4) is 0 Å². The van der Waals surface area contributed by atoms with Crippen LogP contribution in [0, 0.1) is 0 Å². The fourth-order valence-electron chi connectivity index (χ4n) is 1.86. The van der Waals surface area contributed by atoms with Gasteiger partial charge in [-0.15, -0.1) is 0 Å². The lowest BCUT2D eigenvalue weighted by molar-refractivity contribution is -0.156. The van der Waals surface area contributed by atoms with Crippen molar-refractivity contribution >= 4 is 17.9 Å². The van der Waals surface area contributed by atoms with Crippen molar-refractivity contribution in [2.24, 2.45) is 0 Å². The summed E-state index contributed by atoms with van der Waals surface area (Å²) >= 11 is 0. The van der Waals surface area contributed by atoms with E-state index < -0.39 is 36.2 Å². The molecule has 0 aromatic heterocycles. The smallest absolute Gasteiger partial charge is 0.302 e. The van der Waals surface area contributed by atoms with Crippen LogP contribution in [0.3, 0.4) is 0 Å². The zero-order chi connectivity index (χ0) is 16.4. The maximum absolute atomic E-state index is 11.1. The summed E-state index contributed by atoms with van der Waals surface area (Å²) in [6, 6.07) is 0. The highest BCUT2D eigenvalue weighted by Crippen LogP contribution is 2.15. The summed E-state index contributed by atoms with van der Waals surface area (Å²) in [5, 5.41) is 0. The summed E-state index contributed by atoms with van der Waals surface area (Å²) < 4.78 is 20.3. The van der Waals surface area contributed by atoms with E-state index in [2.05, 4.69) is 0 Å². The minimum Gasteiger partial charge on any atom is -0.463 e. The number of ether oxygens (including phenoxy) is 4. The van der Waals surface area contributed by atoms with Gasteiger partial charge in [0.25, 0.3) is 0 Å². The Kier molecular flexibility index (Phi) is 9.36. The van der Waals surface area contributed by atoms with Crippen LogP contribution in [0.2, 0.25) is 0 Å². The fraction of sp³-hybridized carbons (Fsp3) is 0.786. The molecule has 0 saturated carbocycles. The van der Waals surface area contributed by atoms with Gasteiger partial charge >= 0.3 is 17.9 Å². The normalized spacial score (nSPS) is 14.7. The molecule has 0 aliphatic heterocycles. The second-order valence-electron chi connectivity index (χ2n) is 4.78. The summed E-state index contributed by atoms with van der Waals surface area (Å²) in [6.45, 7) is 5.71. The predicted octanol–water partition coefficient (Wildman–Crippen LogP) is 1.23. The molecule has 0 aromatic carbocycles. The molecule has 0 aliphatic carbocycles. The number of methoxy groups -OCH3 is 1. The van der Waals surface area contributed by atoms with Crippen molar-refractivity contribution in [1.82, 2.24) is 0 Å². The second kappa shape index (κ2) is 10.1. The van der Waals surface area contributed by atoms with Gasteiger partial charge < -0.3 is 18.9 Å². The van der Waals surface area contributed by atoms with Gasteiger partial charge in [0.2, 0.25) is 0 Å². The first-order valence-corrected chi connectivity index (χ1v) is 6.75. The fourth-order valence-corrected chi connectivity index (χ4v) is 1.86. The van der Waals surface area contributed by atoms with Crippen LogP contribution in [0.4, 0.5) is 0 Å². The largest absolute Gasteiger partial charge is 0.463 e. The van der Waals surface area contributed by atoms with Gasteiger partial charge in [0.05, 0.1) is 6.10 Å². The predicted molar refractivity (Wildman–Crippen MR) is 73.4 cm³/mol. The SMILES string of the molecule is COC(COC(C)=O)CC(CC(C)OC(C)=O)OC(C)=O. The van der Waals surface area contributed by atoms with Gasteiger partial charge in [-0.3, -0.25) is 14.4 Å². The van der Waals surface area contributed by atoms with Crippen LogP contribution >= 0.6 is 0 Å². The molecule has 0 spiro atoms. The van der Waals surface area contributed by atoms with Crippen LogP contribution in [0.15, 0.2) is 0 Å². The van der Waals surface area contributed by atoms with E-state index in [1.807, 2.05) is 0 Å². The zero-order valence-corrected chi connectivity index (χ0v) is 13.2. The van der Waals surface area contributed by atoms with E-state index in [-0.39, 0.29) is 6.61 Å². The average Bonchev–Trinajstić information content (AvgIpc) is 2.31. The first kappa shape index (κ1) is 19.4. The summed E-state index contributed by atoms with van der Waals surface area (Å²) in [7, 11) is 1.48. The van der Waals surface area contributed by atoms with Crippen LogP contribution in [0.1, 0.15) is 40.5 Å². The highest BCUT2D eigenvalue weighted by atomic mass is 16.6. The van der Waals surface area contributed by atoms with Crippen molar-refractivity contribution in [1.29, 1.82) is 0 Å². The zero-order valence-electron chi connectivity index (χ0n) is 13.2.